The molecule has 0 aromatic heterocycles. The quantitative estimate of drug-likeness (QED) is 0.629. The molecule has 1 N–H and O–H groups in total. The average Bonchev–Trinajstić information content (AvgIpc) is 2.48. The molecule has 2 atom stereocenters. The van der Waals surface area contributed by atoms with E-state index in [0.717, 1.165) is 12.8 Å². The molecule has 1 aliphatic rings. The molecular formula is C14H20NO4S+. The molecule has 0 spiro atoms. The molecule has 1 fully saturated rings. The second-order valence-electron chi connectivity index (χ2n) is 4.99. The van der Waals surface area contributed by atoms with E-state index >= 15 is 0 Å². The van der Waals surface area contributed by atoms with Crippen LogP contribution in [-0.2, 0) is 19.6 Å². The summed E-state index contributed by atoms with van der Waals surface area (Å²) in [6, 6.07) is 8.63. The minimum atomic E-state index is -3.21. The van der Waals surface area contributed by atoms with Crippen LogP contribution >= 0.6 is 0 Å². The molecule has 0 amide bonds. The Balaban J connectivity index is 2.11. The van der Waals surface area contributed by atoms with Gasteiger partial charge in [0.1, 0.15) is 4.90 Å². The first kappa shape index (κ1) is 15.0. The standard InChI is InChI=1S/C14H19NO4S/c1-19-14(16)10-12-6-5-9-15(11-12)20(17,18)13-7-3-2-4-8-13/h2-4,7-8,12H,5-6,9-11H2,1H3/p+1. The van der Waals surface area contributed by atoms with Crippen LogP contribution in [0, 0.1) is 5.92 Å². The number of nitrogens with zero attached hydrogens (tertiary/aromatic N) is 1. The largest absolute Gasteiger partial charge is 0.469 e. The molecule has 1 saturated heterocycles. The van der Waals surface area contributed by atoms with Crippen LogP contribution in [0.5, 0.6) is 0 Å². The molecule has 5 nitrogen and oxygen atoms in total. The van der Waals surface area contributed by atoms with Gasteiger partial charge < -0.3 is 4.74 Å². The highest BCUT2D eigenvalue weighted by molar-refractivity contribution is 7.89. The summed E-state index contributed by atoms with van der Waals surface area (Å²) in [5.41, 5.74) is 0. The number of methoxy groups -OCH3 is 1. The van der Waals surface area contributed by atoms with Gasteiger partial charge in [0.25, 0.3) is 0 Å². The van der Waals surface area contributed by atoms with E-state index in [4.69, 9.17) is 0 Å². The maximum atomic E-state index is 12.6. The molecule has 20 heavy (non-hydrogen) atoms. The minimum Gasteiger partial charge on any atom is -0.469 e. The van der Waals surface area contributed by atoms with Crippen LogP contribution in [0.3, 0.4) is 0 Å². The fourth-order valence-electron chi connectivity index (χ4n) is 2.48. The van der Waals surface area contributed by atoms with E-state index in [-0.39, 0.29) is 11.9 Å². The highest BCUT2D eigenvalue weighted by Crippen LogP contribution is 2.25. The maximum Gasteiger partial charge on any atom is 0.375 e. The van der Waals surface area contributed by atoms with Crippen molar-refractivity contribution >= 4 is 16.0 Å². The first-order valence-corrected chi connectivity index (χ1v) is 8.15. The van der Waals surface area contributed by atoms with E-state index in [1.165, 1.54) is 7.11 Å². The number of ether oxygens (including phenoxy) is 1. The summed E-state index contributed by atoms with van der Waals surface area (Å²) in [6.45, 7) is 1.02. The number of hydrogen-bond acceptors (Lipinski definition) is 3. The van der Waals surface area contributed by atoms with E-state index < -0.39 is 10.0 Å². The smallest absolute Gasteiger partial charge is 0.375 e. The van der Waals surface area contributed by atoms with Crippen LogP contribution in [0.1, 0.15) is 19.3 Å². The van der Waals surface area contributed by atoms with E-state index in [2.05, 4.69) is 4.74 Å². The van der Waals surface area contributed by atoms with E-state index in [1.54, 1.807) is 28.6 Å². The lowest BCUT2D eigenvalue weighted by Crippen LogP contribution is -2.40. The Hall–Kier alpha value is -1.40. The van der Waals surface area contributed by atoms with Crippen molar-refractivity contribution in [1.29, 1.82) is 0 Å². The normalized spacial score (nSPS) is 22.9. The van der Waals surface area contributed by atoms with Crippen LogP contribution in [0.15, 0.2) is 35.2 Å². The monoisotopic (exact) mass is 298 g/mol. The van der Waals surface area contributed by atoms with Gasteiger partial charge in [-0.3, -0.25) is 4.79 Å². The Bertz CT molecular complexity index is 556. The summed E-state index contributed by atoms with van der Waals surface area (Å²) in [5, 5.41) is 0. The Kier molecular flexibility index (Phi) is 4.77. The summed E-state index contributed by atoms with van der Waals surface area (Å²) in [4.78, 5) is 11.7. The molecule has 2 rings (SSSR count). The lowest BCUT2D eigenvalue weighted by Gasteiger charge is -2.28. The number of benzene rings is 1. The summed E-state index contributed by atoms with van der Waals surface area (Å²) < 4.78 is 29.2. The highest BCUT2D eigenvalue weighted by atomic mass is 32.2. The Morgan fingerprint density at radius 1 is 1.45 bits per heavy atom. The molecule has 1 aliphatic heterocycles. The molecule has 1 aromatic carbocycles. The number of carbonyl (C=O) groups is 1. The van der Waals surface area contributed by atoms with Crippen LogP contribution in [0.4, 0.5) is 0 Å². The number of hydrogen-bond donors (Lipinski definition) is 0. The predicted molar refractivity (Wildman–Crippen MR) is 75.7 cm³/mol. The van der Waals surface area contributed by atoms with Crippen molar-refractivity contribution in [3.8, 4) is 0 Å². The second kappa shape index (κ2) is 6.37. The van der Waals surface area contributed by atoms with Gasteiger partial charge >= 0.3 is 16.0 Å². The maximum absolute atomic E-state index is 12.6. The second-order valence-corrected chi connectivity index (χ2v) is 6.97. The summed E-state index contributed by atoms with van der Waals surface area (Å²) >= 11 is 0. The number of esters is 1. The van der Waals surface area contributed by atoms with Gasteiger partial charge in [0, 0.05) is 19.5 Å². The Labute approximate surface area is 119 Å². The zero-order valence-corrected chi connectivity index (χ0v) is 12.3. The number of carbonyl (C=O) groups excluding carboxylic acids is 1. The fourth-order valence-corrected chi connectivity index (χ4v) is 4.08. The summed E-state index contributed by atoms with van der Waals surface area (Å²) in [5.74, 6) is -0.186. The van der Waals surface area contributed by atoms with Crippen molar-refractivity contribution in [3.05, 3.63) is 30.3 Å². The highest BCUT2D eigenvalue weighted by Gasteiger charge is 2.34. The molecule has 0 aliphatic carbocycles. The minimum absolute atomic E-state index is 0.0767. The number of piperidine rings is 1. The zero-order chi connectivity index (χ0) is 14.6. The third-order valence-electron chi connectivity index (χ3n) is 3.56. The van der Waals surface area contributed by atoms with Gasteiger partial charge in [0.05, 0.1) is 7.11 Å². The fraction of sp³-hybridized carbons (Fsp3) is 0.500. The van der Waals surface area contributed by atoms with Gasteiger partial charge in [-0.25, -0.2) is 4.21 Å². The van der Waals surface area contributed by atoms with Gasteiger partial charge in [-0.1, -0.05) is 18.2 Å². The lowest BCUT2D eigenvalue weighted by molar-refractivity contribution is -0.142. The van der Waals surface area contributed by atoms with Gasteiger partial charge in [0.15, 0.2) is 0 Å². The average molecular weight is 298 g/mol. The van der Waals surface area contributed by atoms with Gasteiger partial charge in [-0.05, 0) is 30.9 Å². The third-order valence-corrected chi connectivity index (χ3v) is 5.48. The molecule has 1 heterocycles. The molecule has 6 heteroatoms. The van der Waals surface area contributed by atoms with Crippen molar-refractivity contribution in [3.63, 3.8) is 0 Å². The van der Waals surface area contributed by atoms with Crippen LogP contribution < -0.4 is 0 Å². The molecule has 110 valence electrons. The van der Waals surface area contributed by atoms with Crippen LogP contribution in [-0.4, -0.2) is 38.9 Å². The van der Waals surface area contributed by atoms with Crippen LogP contribution in [0.25, 0.3) is 0 Å². The topological polar surface area (TPSA) is 68.0 Å². The van der Waals surface area contributed by atoms with Crippen molar-refractivity contribution in [2.75, 3.05) is 20.2 Å². The van der Waals surface area contributed by atoms with Crippen molar-refractivity contribution < 1.29 is 17.9 Å². The third kappa shape index (κ3) is 3.37. The first-order valence-electron chi connectivity index (χ1n) is 6.67. The summed E-state index contributed by atoms with van der Waals surface area (Å²) in [7, 11) is -1.84. The first-order chi connectivity index (χ1) is 9.54. The molecule has 0 radical (unpaired) electrons. The van der Waals surface area contributed by atoms with Crippen molar-refractivity contribution in [2.45, 2.75) is 24.2 Å². The zero-order valence-electron chi connectivity index (χ0n) is 11.5. The van der Waals surface area contributed by atoms with Gasteiger partial charge in [-0.15, -0.1) is 0 Å². The van der Waals surface area contributed by atoms with Crippen LogP contribution in [0.2, 0.25) is 0 Å². The van der Waals surface area contributed by atoms with Crippen molar-refractivity contribution in [2.24, 2.45) is 5.92 Å². The van der Waals surface area contributed by atoms with E-state index in [1.807, 2.05) is 6.07 Å². The van der Waals surface area contributed by atoms with Gasteiger partial charge in [-0.2, -0.15) is 8.51 Å². The lowest BCUT2D eigenvalue weighted by atomic mass is 9.96. The SMILES string of the molecule is COC(=O)CC1CCCN(S(=O)(=[OH+])c2ccccc2)C1. The van der Waals surface area contributed by atoms with E-state index in [0.29, 0.717) is 24.4 Å². The Morgan fingerprint density at radius 2 is 2.15 bits per heavy atom. The van der Waals surface area contributed by atoms with Crippen molar-refractivity contribution in [1.82, 2.24) is 4.31 Å². The van der Waals surface area contributed by atoms with Gasteiger partial charge in [0.2, 0.25) is 0 Å². The molecular weight excluding hydrogens is 278 g/mol. The summed E-state index contributed by atoms with van der Waals surface area (Å²) in [6.07, 6.45) is 2.00. The molecule has 1 aromatic rings. The molecule has 0 bridgehead atoms. The predicted octanol–water partition coefficient (Wildman–Crippen LogP) is 1.81. The molecule has 2 unspecified atom stereocenters. The number of rotatable bonds is 4. The van der Waals surface area contributed by atoms with E-state index in [9.17, 15) is 13.2 Å². The Morgan fingerprint density at radius 3 is 2.80 bits per heavy atom. The molecule has 0 saturated carbocycles.